The Hall–Kier alpha value is -1.26. The molecule has 0 saturated heterocycles. The Balaban J connectivity index is 2.28. The van der Waals surface area contributed by atoms with Crippen LogP contribution >= 0.6 is 0 Å². The maximum absolute atomic E-state index is 11.1. The van der Waals surface area contributed by atoms with Crippen molar-refractivity contribution in [2.24, 2.45) is 5.73 Å². The predicted octanol–water partition coefficient (Wildman–Crippen LogP) is 0.0837. The first kappa shape index (κ1) is 11.8. The summed E-state index contributed by atoms with van der Waals surface area (Å²) in [5.74, 6) is 0.0761. The lowest BCUT2D eigenvalue weighted by Gasteiger charge is -2.14. The summed E-state index contributed by atoms with van der Waals surface area (Å²) in [4.78, 5) is 17.0. The number of Topliss-reactive ketones (excluding diaryl/α,β-unsaturated/α-hetero) is 1. The largest absolute Gasteiger partial charge is 0.324 e. The van der Waals surface area contributed by atoms with Gasteiger partial charge in [0.25, 0.3) is 0 Å². The summed E-state index contributed by atoms with van der Waals surface area (Å²) < 4.78 is 0. The van der Waals surface area contributed by atoms with Crippen LogP contribution in [0.1, 0.15) is 5.56 Å². The van der Waals surface area contributed by atoms with Gasteiger partial charge in [-0.1, -0.05) is 0 Å². The first-order valence-corrected chi connectivity index (χ1v) is 5.01. The van der Waals surface area contributed by atoms with Gasteiger partial charge in [-0.25, -0.2) is 0 Å². The van der Waals surface area contributed by atoms with E-state index in [0.717, 1.165) is 13.0 Å². The summed E-state index contributed by atoms with van der Waals surface area (Å²) in [6.45, 7) is 1.41. The molecule has 1 aromatic heterocycles. The van der Waals surface area contributed by atoms with Crippen LogP contribution in [0.2, 0.25) is 0 Å². The van der Waals surface area contributed by atoms with Crippen molar-refractivity contribution in [1.29, 1.82) is 0 Å². The second-order valence-electron chi connectivity index (χ2n) is 3.59. The maximum Gasteiger partial charge on any atom is 0.160 e. The summed E-state index contributed by atoms with van der Waals surface area (Å²) in [5, 5.41) is 0. The van der Waals surface area contributed by atoms with Gasteiger partial charge in [-0.3, -0.25) is 14.7 Å². The second kappa shape index (κ2) is 6.27. The summed E-state index contributed by atoms with van der Waals surface area (Å²) >= 11 is 0. The first-order chi connectivity index (χ1) is 7.22. The topological polar surface area (TPSA) is 59.2 Å². The molecular formula is C11H17N3O. The summed E-state index contributed by atoms with van der Waals surface area (Å²) in [5.41, 5.74) is 6.48. The number of likely N-dealkylation sites (N-methyl/N-ethyl adjacent to an activating group) is 1. The number of carbonyl (C=O) groups excluding carboxylic acids is 1. The molecule has 0 aliphatic rings. The zero-order valence-corrected chi connectivity index (χ0v) is 9.02. The van der Waals surface area contributed by atoms with Crippen LogP contribution in [0.4, 0.5) is 0 Å². The Labute approximate surface area is 90.1 Å². The molecular weight excluding hydrogens is 190 g/mol. The quantitative estimate of drug-likeness (QED) is 0.718. The zero-order valence-electron chi connectivity index (χ0n) is 9.02. The lowest BCUT2D eigenvalue weighted by molar-refractivity contribution is -0.118. The van der Waals surface area contributed by atoms with Crippen molar-refractivity contribution in [3.8, 4) is 0 Å². The van der Waals surface area contributed by atoms with E-state index in [1.54, 1.807) is 12.4 Å². The number of hydrogen-bond donors (Lipinski definition) is 1. The molecule has 1 rings (SSSR count). The van der Waals surface area contributed by atoms with Gasteiger partial charge < -0.3 is 5.73 Å². The van der Waals surface area contributed by atoms with Crippen LogP contribution in [0.5, 0.6) is 0 Å². The molecule has 0 bridgehead atoms. The molecule has 0 unspecified atom stereocenters. The molecule has 0 aromatic carbocycles. The third kappa shape index (κ3) is 4.67. The van der Waals surface area contributed by atoms with E-state index in [1.807, 2.05) is 24.1 Å². The average Bonchev–Trinajstić information content (AvgIpc) is 2.27. The third-order valence-corrected chi connectivity index (χ3v) is 2.21. The fourth-order valence-electron chi connectivity index (χ4n) is 1.31. The van der Waals surface area contributed by atoms with Gasteiger partial charge in [-0.15, -0.1) is 0 Å². The average molecular weight is 207 g/mol. The molecule has 0 spiro atoms. The van der Waals surface area contributed by atoms with Crippen molar-refractivity contribution in [3.05, 3.63) is 30.1 Å². The van der Waals surface area contributed by atoms with Crippen LogP contribution in [0.3, 0.4) is 0 Å². The van der Waals surface area contributed by atoms with Crippen molar-refractivity contribution < 1.29 is 4.79 Å². The molecule has 0 atom stereocenters. The van der Waals surface area contributed by atoms with Gasteiger partial charge in [0.15, 0.2) is 5.78 Å². The summed E-state index contributed by atoms with van der Waals surface area (Å²) in [6.07, 6.45) is 4.48. The van der Waals surface area contributed by atoms with Crippen molar-refractivity contribution in [1.82, 2.24) is 9.88 Å². The second-order valence-corrected chi connectivity index (χ2v) is 3.59. The lowest BCUT2D eigenvalue weighted by atomic mass is 10.2. The molecule has 0 radical (unpaired) electrons. The summed E-state index contributed by atoms with van der Waals surface area (Å²) in [7, 11) is 1.93. The van der Waals surface area contributed by atoms with E-state index >= 15 is 0 Å². The Morgan fingerprint density at radius 2 is 2.13 bits per heavy atom. The number of hydrogen-bond acceptors (Lipinski definition) is 4. The molecule has 4 nitrogen and oxygen atoms in total. The van der Waals surface area contributed by atoms with E-state index in [9.17, 15) is 4.79 Å². The molecule has 1 heterocycles. The zero-order chi connectivity index (χ0) is 11.1. The standard InChI is InChI=1S/C11H17N3O/c1-14(9-11(15)8-12)7-4-10-2-5-13-6-3-10/h2-3,5-6H,4,7-9,12H2,1H3. The highest BCUT2D eigenvalue weighted by molar-refractivity contribution is 5.82. The lowest BCUT2D eigenvalue weighted by Crippen LogP contribution is -2.31. The third-order valence-electron chi connectivity index (χ3n) is 2.21. The van der Waals surface area contributed by atoms with Crippen molar-refractivity contribution in [2.75, 3.05) is 26.7 Å². The Morgan fingerprint density at radius 3 is 2.73 bits per heavy atom. The highest BCUT2D eigenvalue weighted by Gasteiger charge is 2.04. The van der Waals surface area contributed by atoms with Crippen molar-refractivity contribution in [3.63, 3.8) is 0 Å². The van der Waals surface area contributed by atoms with Crippen LogP contribution in [-0.2, 0) is 11.2 Å². The Bertz CT molecular complexity index is 300. The molecule has 15 heavy (non-hydrogen) atoms. The normalized spacial score (nSPS) is 10.6. The Morgan fingerprint density at radius 1 is 1.47 bits per heavy atom. The van der Waals surface area contributed by atoms with Crippen LogP contribution in [0.25, 0.3) is 0 Å². The van der Waals surface area contributed by atoms with Crippen LogP contribution in [-0.4, -0.2) is 42.3 Å². The molecule has 0 amide bonds. The van der Waals surface area contributed by atoms with Gasteiger partial charge in [-0.2, -0.15) is 0 Å². The van der Waals surface area contributed by atoms with Gasteiger partial charge in [-0.05, 0) is 31.2 Å². The number of nitrogens with two attached hydrogens (primary N) is 1. The predicted molar refractivity (Wildman–Crippen MR) is 59.5 cm³/mol. The van der Waals surface area contributed by atoms with E-state index in [4.69, 9.17) is 5.73 Å². The molecule has 4 heteroatoms. The van der Waals surface area contributed by atoms with Crippen molar-refractivity contribution in [2.45, 2.75) is 6.42 Å². The summed E-state index contributed by atoms with van der Waals surface area (Å²) in [6, 6.07) is 3.97. The number of pyridine rings is 1. The highest BCUT2D eigenvalue weighted by atomic mass is 16.1. The minimum atomic E-state index is 0.0761. The Kier molecular flexibility index (Phi) is 4.93. The SMILES string of the molecule is CN(CCc1ccncc1)CC(=O)CN. The number of ketones is 1. The molecule has 2 N–H and O–H groups in total. The minimum absolute atomic E-state index is 0.0761. The van der Waals surface area contributed by atoms with E-state index in [2.05, 4.69) is 4.98 Å². The molecule has 0 aliphatic carbocycles. The van der Waals surface area contributed by atoms with E-state index < -0.39 is 0 Å². The van der Waals surface area contributed by atoms with E-state index in [1.165, 1.54) is 5.56 Å². The number of aromatic nitrogens is 1. The number of carbonyl (C=O) groups is 1. The smallest absolute Gasteiger partial charge is 0.160 e. The van der Waals surface area contributed by atoms with Crippen LogP contribution < -0.4 is 5.73 Å². The van der Waals surface area contributed by atoms with Crippen molar-refractivity contribution >= 4 is 5.78 Å². The van der Waals surface area contributed by atoms with Gasteiger partial charge >= 0.3 is 0 Å². The van der Waals surface area contributed by atoms with E-state index in [-0.39, 0.29) is 12.3 Å². The monoisotopic (exact) mass is 207 g/mol. The highest BCUT2D eigenvalue weighted by Crippen LogP contribution is 1.98. The van der Waals surface area contributed by atoms with Crippen LogP contribution in [0, 0.1) is 0 Å². The van der Waals surface area contributed by atoms with Gasteiger partial charge in [0.2, 0.25) is 0 Å². The maximum atomic E-state index is 11.1. The molecule has 1 aromatic rings. The number of rotatable bonds is 6. The first-order valence-electron chi connectivity index (χ1n) is 5.01. The van der Waals surface area contributed by atoms with Gasteiger partial charge in [0.05, 0.1) is 13.1 Å². The molecule has 0 aliphatic heterocycles. The van der Waals surface area contributed by atoms with Gasteiger partial charge in [0, 0.05) is 18.9 Å². The van der Waals surface area contributed by atoms with E-state index in [0.29, 0.717) is 6.54 Å². The fourth-order valence-corrected chi connectivity index (χ4v) is 1.31. The number of nitrogens with zero attached hydrogens (tertiary/aromatic N) is 2. The van der Waals surface area contributed by atoms with Crippen LogP contribution in [0.15, 0.2) is 24.5 Å². The molecule has 82 valence electrons. The molecule has 0 saturated carbocycles. The fraction of sp³-hybridized carbons (Fsp3) is 0.455. The van der Waals surface area contributed by atoms with Gasteiger partial charge in [0.1, 0.15) is 0 Å². The minimum Gasteiger partial charge on any atom is -0.324 e. The molecule has 0 fully saturated rings.